The van der Waals surface area contributed by atoms with Crippen LogP contribution in [0.1, 0.15) is 5.56 Å². The first-order valence-corrected chi connectivity index (χ1v) is 6.75. The fraction of sp³-hybridized carbons (Fsp3) is 0. The van der Waals surface area contributed by atoms with Crippen LogP contribution in [0, 0.1) is 6.07 Å². The molecule has 0 atom stereocenters. The molecule has 0 bridgehead atoms. The van der Waals surface area contributed by atoms with Crippen LogP contribution in [0.3, 0.4) is 0 Å². The Balaban J connectivity index is 1.72. The van der Waals surface area contributed by atoms with Gasteiger partial charge in [-0.3, -0.25) is 0 Å². The first-order chi connectivity index (χ1) is 10.4. The molecular formula is C19H14NO+. The minimum atomic E-state index is 0.792. The van der Waals surface area contributed by atoms with E-state index in [1.807, 2.05) is 84.9 Å². The van der Waals surface area contributed by atoms with Gasteiger partial charge in [0, 0.05) is 12.1 Å². The molecule has 2 heteroatoms. The summed E-state index contributed by atoms with van der Waals surface area (Å²) in [5.74, 6) is 1.62. The summed E-state index contributed by atoms with van der Waals surface area (Å²) >= 11 is 0. The van der Waals surface area contributed by atoms with Crippen molar-refractivity contribution in [2.75, 3.05) is 0 Å². The summed E-state index contributed by atoms with van der Waals surface area (Å²) in [6.07, 6.45) is 0. The molecule has 0 N–H and O–H groups in total. The third kappa shape index (κ3) is 3.71. The van der Waals surface area contributed by atoms with Crippen molar-refractivity contribution >= 4 is 5.69 Å². The van der Waals surface area contributed by atoms with E-state index < -0.39 is 0 Å². The lowest BCUT2D eigenvalue weighted by molar-refractivity contribution is 0.483. The molecule has 3 aromatic rings. The monoisotopic (exact) mass is 272 g/mol. The third-order valence-electron chi connectivity index (χ3n) is 2.90. The van der Waals surface area contributed by atoms with Gasteiger partial charge in [-0.1, -0.05) is 36.4 Å². The quantitative estimate of drug-likeness (QED) is 0.601. The molecule has 0 aliphatic carbocycles. The molecule has 0 unspecified atom stereocenters. The molecule has 0 aliphatic rings. The maximum Gasteiger partial charge on any atom is 0.340 e. The second-order valence-electron chi connectivity index (χ2n) is 4.50. The van der Waals surface area contributed by atoms with Crippen LogP contribution in [0.15, 0.2) is 84.9 Å². The van der Waals surface area contributed by atoms with Crippen molar-refractivity contribution in [1.82, 2.24) is 0 Å². The lowest BCUT2D eigenvalue weighted by Crippen LogP contribution is -1.82. The summed E-state index contributed by atoms with van der Waals surface area (Å²) in [5.41, 5.74) is 1.81. The minimum absolute atomic E-state index is 0.792. The smallest absolute Gasteiger partial charge is 0.340 e. The number of benzene rings is 3. The summed E-state index contributed by atoms with van der Waals surface area (Å²) in [6, 6.07) is 30.2. The Hall–Kier alpha value is -3.05. The predicted octanol–water partition coefficient (Wildman–Crippen LogP) is 5.49. The maximum absolute atomic E-state index is 5.73. The van der Waals surface area contributed by atoms with Crippen molar-refractivity contribution in [2.24, 2.45) is 0 Å². The van der Waals surface area contributed by atoms with Gasteiger partial charge in [0.05, 0.1) is 0 Å². The lowest BCUT2D eigenvalue weighted by Gasteiger charge is -2.03. The largest absolute Gasteiger partial charge is 0.457 e. The number of hydrogen-bond acceptors (Lipinski definition) is 1. The van der Waals surface area contributed by atoms with Crippen molar-refractivity contribution in [3.63, 3.8) is 0 Å². The molecule has 0 saturated carbocycles. The van der Waals surface area contributed by atoms with E-state index in [-0.39, 0.29) is 0 Å². The highest BCUT2D eigenvalue weighted by Crippen LogP contribution is 2.23. The highest BCUT2D eigenvalue weighted by molar-refractivity contribution is 5.51. The first kappa shape index (κ1) is 13.0. The Morgan fingerprint density at radius 3 is 1.86 bits per heavy atom. The van der Waals surface area contributed by atoms with Gasteiger partial charge in [0.2, 0.25) is 0 Å². The number of rotatable bonds is 2. The summed E-state index contributed by atoms with van der Waals surface area (Å²) < 4.78 is 5.73. The molecule has 0 spiro atoms. The van der Waals surface area contributed by atoms with Gasteiger partial charge in [-0.15, -0.1) is 0 Å². The van der Waals surface area contributed by atoms with E-state index in [0.717, 1.165) is 22.7 Å². The number of nitrogens with zero attached hydrogens (tertiary/aromatic N) is 1. The molecular weight excluding hydrogens is 258 g/mol. The van der Waals surface area contributed by atoms with Gasteiger partial charge in [-0.05, 0) is 41.2 Å². The minimum Gasteiger partial charge on any atom is -0.457 e. The molecule has 0 aromatic heterocycles. The zero-order valence-electron chi connectivity index (χ0n) is 11.4. The van der Waals surface area contributed by atoms with Crippen molar-refractivity contribution in [3.8, 4) is 17.6 Å². The van der Waals surface area contributed by atoms with Crippen LogP contribution in [0.25, 0.3) is 4.85 Å². The fourth-order valence-electron chi connectivity index (χ4n) is 1.86. The topological polar surface area (TPSA) is 13.6 Å². The Morgan fingerprint density at radius 1 is 0.619 bits per heavy atom. The summed E-state index contributed by atoms with van der Waals surface area (Å²) in [4.78, 5) is 4.32. The highest BCUT2D eigenvalue weighted by atomic mass is 16.5. The van der Waals surface area contributed by atoms with Gasteiger partial charge in [0.15, 0.2) is 0 Å². The standard InChI is InChI=1S/C19H14NO/c1-3-7-16(8-4-1)15-20-17-11-13-19(14-12-17)21-18-9-5-2-6-10-18/h1-14H/q+1. The summed E-state index contributed by atoms with van der Waals surface area (Å²) in [7, 11) is 0. The van der Waals surface area contributed by atoms with Gasteiger partial charge < -0.3 is 4.74 Å². The molecule has 3 aromatic carbocycles. The van der Waals surface area contributed by atoms with Gasteiger partial charge in [-0.25, -0.2) is 0 Å². The molecule has 2 nitrogen and oxygen atoms in total. The van der Waals surface area contributed by atoms with E-state index in [4.69, 9.17) is 4.74 Å². The van der Waals surface area contributed by atoms with Crippen LogP contribution in [0.4, 0.5) is 5.69 Å². The first-order valence-electron chi connectivity index (χ1n) is 6.75. The predicted molar refractivity (Wildman–Crippen MR) is 85.4 cm³/mol. The Morgan fingerprint density at radius 2 is 1.19 bits per heavy atom. The van der Waals surface area contributed by atoms with Gasteiger partial charge in [-0.2, -0.15) is 0 Å². The number of para-hydroxylation sites is 1. The maximum atomic E-state index is 5.73. The van der Waals surface area contributed by atoms with E-state index in [1.54, 1.807) is 0 Å². The van der Waals surface area contributed by atoms with Crippen molar-refractivity contribution < 1.29 is 4.74 Å². The molecule has 0 fully saturated rings. The zero-order chi connectivity index (χ0) is 14.3. The fourth-order valence-corrected chi connectivity index (χ4v) is 1.86. The van der Waals surface area contributed by atoms with Crippen LogP contribution in [0.5, 0.6) is 11.5 Å². The molecule has 21 heavy (non-hydrogen) atoms. The van der Waals surface area contributed by atoms with Crippen LogP contribution in [0.2, 0.25) is 0 Å². The Labute approximate surface area is 124 Å². The third-order valence-corrected chi connectivity index (χ3v) is 2.90. The van der Waals surface area contributed by atoms with Crippen LogP contribution < -0.4 is 4.74 Å². The molecule has 0 aliphatic heterocycles. The number of hydrogen-bond donors (Lipinski definition) is 0. The van der Waals surface area contributed by atoms with Crippen molar-refractivity contribution in [1.29, 1.82) is 0 Å². The van der Waals surface area contributed by atoms with Crippen molar-refractivity contribution in [2.45, 2.75) is 0 Å². The zero-order valence-corrected chi connectivity index (χ0v) is 11.4. The molecule has 100 valence electrons. The van der Waals surface area contributed by atoms with Gasteiger partial charge in [0.1, 0.15) is 17.1 Å². The second kappa shape index (κ2) is 6.40. The molecule has 0 radical (unpaired) electrons. The Bertz CT molecular complexity index is 753. The van der Waals surface area contributed by atoms with Crippen LogP contribution in [-0.2, 0) is 0 Å². The van der Waals surface area contributed by atoms with E-state index in [0.29, 0.717) is 0 Å². The van der Waals surface area contributed by atoms with Crippen LogP contribution in [-0.4, -0.2) is 0 Å². The van der Waals surface area contributed by atoms with Gasteiger partial charge >= 0.3 is 11.8 Å². The summed E-state index contributed by atoms with van der Waals surface area (Å²) in [6.45, 7) is 0. The molecule has 0 amide bonds. The number of ether oxygens (including phenoxy) is 1. The summed E-state index contributed by atoms with van der Waals surface area (Å²) in [5, 5.41) is 0. The average molecular weight is 272 g/mol. The van der Waals surface area contributed by atoms with E-state index in [9.17, 15) is 0 Å². The average Bonchev–Trinajstić information content (AvgIpc) is 2.56. The molecule has 0 heterocycles. The van der Waals surface area contributed by atoms with E-state index in [1.165, 1.54) is 0 Å². The molecule has 3 rings (SSSR count). The SMILES string of the molecule is C(#[N+]c1ccc(Oc2ccccc2)cc1)c1ccccc1. The normalized spacial score (nSPS) is 9.52. The lowest BCUT2D eigenvalue weighted by atomic mass is 10.2. The highest BCUT2D eigenvalue weighted by Gasteiger charge is 2.03. The van der Waals surface area contributed by atoms with E-state index in [2.05, 4.69) is 10.9 Å². The van der Waals surface area contributed by atoms with Crippen LogP contribution >= 0.6 is 0 Å². The molecule has 0 saturated heterocycles. The van der Waals surface area contributed by atoms with E-state index >= 15 is 0 Å². The second-order valence-corrected chi connectivity index (χ2v) is 4.50. The van der Waals surface area contributed by atoms with Crippen molar-refractivity contribution in [3.05, 3.63) is 95.3 Å². The Kier molecular flexibility index (Phi) is 3.95. The van der Waals surface area contributed by atoms with Gasteiger partial charge in [0.25, 0.3) is 0 Å².